The summed E-state index contributed by atoms with van der Waals surface area (Å²) in [7, 11) is 3.90. The molecule has 2 aliphatic rings. The first kappa shape index (κ1) is 30.8. The molecule has 2 aliphatic heterocycles. The van der Waals surface area contributed by atoms with Crippen molar-refractivity contribution >= 4 is 99.7 Å². The number of carboxylic acid groups (broad SMARTS) is 1. The predicted octanol–water partition coefficient (Wildman–Crippen LogP) is -0.880. The Labute approximate surface area is 247 Å². The Bertz CT molecular complexity index is 1140. The summed E-state index contributed by atoms with van der Waals surface area (Å²) in [5.74, 6) is -1.24. The minimum absolute atomic E-state index is 0. The van der Waals surface area contributed by atoms with Gasteiger partial charge in [-0.25, -0.2) is 14.5 Å². The van der Waals surface area contributed by atoms with Crippen LogP contribution in [-0.2, 0) is 27.3 Å². The van der Waals surface area contributed by atoms with Gasteiger partial charge in [0.1, 0.15) is 17.1 Å². The number of hydrogen-bond acceptors (Lipinski definition) is 12. The van der Waals surface area contributed by atoms with Crippen molar-refractivity contribution in [3.63, 3.8) is 0 Å². The van der Waals surface area contributed by atoms with E-state index in [4.69, 9.17) is 5.73 Å². The molecule has 2 aromatic heterocycles. The quantitative estimate of drug-likeness (QED) is 0.179. The van der Waals surface area contributed by atoms with Crippen molar-refractivity contribution in [1.82, 2.24) is 40.3 Å². The summed E-state index contributed by atoms with van der Waals surface area (Å²) < 4.78 is 1.67. The summed E-state index contributed by atoms with van der Waals surface area (Å²) in [5.41, 5.74) is 6.68. The molecule has 1 fully saturated rings. The van der Waals surface area contributed by atoms with E-state index in [0.717, 1.165) is 6.54 Å². The van der Waals surface area contributed by atoms with E-state index in [9.17, 15) is 19.5 Å². The van der Waals surface area contributed by atoms with E-state index in [1.807, 2.05) is 19.0 Å². The van der Waals surface area contributed by atoms with Gasteiger partial charge in [0.25, 0.3) is 5.91 Å². The number of carboxylic acids is 1. The molecule has 4 heterocycles. The number of aromatic nitrogens is 5. The van der Waals surface area contributed by atoms with Gasteiger partial charge in [-0.2, -0.15) is 0 Å². The summed E-state index contributed by atoms with van der Waals surface area (Å²) in [6.07, 6.45) is 0.000917. The third-order valence-corrected chi connectivity index (χ3v) is 8.22. The number of rotatable bonds is 10. The van der Waals surface area contributed by atoms with Crippen LogP contribution in [0.4, 0.5) is 5.13 Å². The van der Waals surface area contributed by atoms with Gasteiger partial charge in [-0.15, -0.1) is 40.6 Å². The van der Waals surface area contributed by atoms with E-state index in [1.165, 1.54) is 39.8 Å². The molecule has 0 aromatic carbocycles. The average molecular weight is 586 g/mol. The average Bonchev–Trinajstić information content (AvgIpc) is 3.41. The maximum absolute atomic E-state index is 12.8. The monoisotopic (exact) mass is 585 g/mol. The van der Waals surface area contributed by atoms with Crippen molar-refractivity contribution in [2.75, 3.05) is 37.9 Å². The number of nitrogens with zero attached hydrogens (tertiary/aromatic N) is 7. The molecule has 36 heavy (non-hydrogen) atoms. The molecule has 192 valence electrons. The summed E-state index contributed by atoms with van der Waals surface area (Å²) in [6, 6.07) is -0.782. The molecule has 0 spiro atoms. The van der Waals surface area contributed by atoms with Crippen LogP contribution in [0.25, 0.3) is 0 Å². The summed E-state index contributed by atoms with van der Waals surface area (Å²) >= 11 is 3.98. The number of aliphatic carboxylic acids is 1. The Morgan fingerprint density at radius 3 is 2.78 bits per heavy atom. The van der Waals surface area contributed by atoms with E-state index >= 15 is 0 Å². The standard InChI is InChI=1S/C18H23N9O4S3.ClH.Na.H/c1-25(2)3-4-26-18(22-23-24-26)34-7-9-6-32-15-12(14(29)27(15)13(9)16(30)31)21-11(28)5-10-8-33-17(19)20-10;;;/h8,12,15H,3-7H2,1-2H3,(H2,19,20)(H,21,28)(H,30,31);1H;;/t12-,15-;;;/m1.../s1. The van der Waals surface area contributed by atoms with Crippen LogP contribution >= 0.6 is 47.3 Å². The number of halogens is 1. The van der Waals surface area contributed by atoms with Crippen LogP contribution in [-0.4, -0.2) is 131 Å². The number of fused-ring (bicyclic) bond motifs is 1. The second kappa shape index (κ2) is 13.4. The second-order valence-corrected chi connectivity index (χ2v) is 10.8. The number of carbonyl (C=O) groups is 3. The molecule has 2 aromatic rings. The first-order chi connectivity index (χ1) is 16.2. The van der Waals surface area contributed by atoms with E-state index in [-0.39, 0.29) is 60.0 Å². The van der Waals surface area contributed by atoms with Gasteiger partial charge in [0.15, 0.2) is 5.13 Å². The Balaban J connectivity index is 0.00000228. The maximum atomic E-state index is 12.8. The number of nitrogen functional groups attached to an aromatic ring is 1. The number of anilines is 1. The van der Waals surface area contributed by atoms with Crippen LogP contribution < -0.4 is 11.1 Å². The van der Waals surface area contributed by atoms with Crippen LogP contribution in [0.5, 0.6) is 0 Å². The van der Waals surface area contributed by atoms with Crippen molar-refractivity contribution < 1.29 is 19.5 Å². The molecule has 0 bridgehead atoms. The zero-order valence-corrected chi connectivity index (χ0v) is 22.0. The van der Waals surface area contributed by atoms with E-state index in [1.54, 1.807) is 10.1 Å². The molecular weight excluding hydrogens is 561 g/mol. The summed E-state index contributed by atoms with van der Waals surface area (Å²) in [4.78, 5) is 44.5. The number of thioether (sulfide) groups is 2. The van der Waals surface area contributed by atoms with Crippen LogP contribution in [0.1, 0.15) is 5.69 Å². The minimum atomic E-state index is -1.18. The topological polar surface area (TPSA) is 172 Å². The molecule has 0 unspecified atom stereocenters. The number of β-lactam (4-membered cyclic amide) rings is 1. The Kier molecular flexibility index (Phi) is 11.5. The van der Waals surface area contributed by atoms with Gasteiger partial charge in [-0.05, 0) is 30.1 Å². The zero-order valence-electron chi connectivity index (χ0n) is 18.8. The molecule has 2 atom stereocenters. The van der Waals surface area contributed by atoms with Crippen molar-refractivity contribution in [2.24, 2.45) is 0 Å². The van der Waals surface area contributed by atoms with Crippen LogP contribution in [0.3, 0.4) is 0 Å². The van der Waals surface area contributed by atoms with Gasteiger partial charge >= 0.3 is 35.5 Å². The van der Waals surface area contributed by atoms with Gasteiger partial charge in [-0.1, -0.05) is 11.8 Å². The van der Waals surface area contributed by atoms with Gasteiger partial charge in [0, 0.05) is 23.4 Å². The molecule has 13 nitrogen and oxygen atoms in total. The Hall–Kier alpha value is -1.40. The van der Waals surface area contributed by atoms with E-state index in [0.29, 0.717) is 39.6 Å². The Morgan fingerprint density at radius 2 is 2.14 bits per heavy atom. The van der Waals surface area contributed by atoms with Crippen molar-refractivity contribution in [2.45, 2.75) is 29.5 Å². The zero-order chi connectivity index (χ0) is 24.4. The third kappa shape index (κ3) is 6.92. The SMILES string of the molecule is CN(C)CCn1nnnc1SCC1=C(C(=O)O)N2C(=O)[C@@H](NC(=O)Cc3csc(N)n3)[C@H]2SC1.Cl.[NaH]. The van der Waals surface area contributed by atoms with Crippen molar-refractivity contribution in [1.29, 1.82) is 0 Å². The number of nitrogens with one attached hydrogen (secondary N) is 1. The van der Waals surface area contributed by atoms with Crippen LogP contribution in [0.2, 0.25) is 0 Å². The third-order valence-electron chi connectivity index (χ3n) is 5.11. The summed E-state index contributed by atoms with van der Waals surface area (Å²) in [5, 5.41) is 26.4. The van der Waals surface area contributed by atoms with E-state index in [2.05, 4.69) is 25.8 Å². The fraction of sp³-hybridized carbons (Fsp3) is 0.500. The molecule has 4 rings (SSSR count). The molecule has 2 amide bonds. The summed E-state index contributed by atoms with van der Waals surface area (Å²) in [6.45, 7) is 1.36. The Morgan fingerprint density at radius 1 is 1.39 bits per heavy atom. The molecule has 1 saturated heterocycles. The van der Waals surface area contributed by atoms with Crippen LogP contribution in [0, 0.1) is 0 Å². The van der Waals surface area contributed by atoms with Gasteiger partial charge in [0.05, 0.1) is 18.7 Å². The molecule has 4 N–H and O–H groups in total. The molecular formula is C18H25ClN9NaO4S3. The van der Waals surface area contributed by atoms with Crippen molar-refractivity contribution in [3.8, 4) is 0 Å². The molecule has 0 aliphatic carbocycles. The van der Waals surface area contributed by atoms with E-state index < -0.39 is 23.3 Å². The number of carbonyl (C=O) groups excluding carboxylic acids is 2. The fourth-order valence-corrected chi connectivity index (χ4v) is 6.42. The number of thiazole rings is 1. The fourth-order valence-electron chi connectivity index (χ4n) is 3.47. The number of likely N-dealkylation sites (N-methyl/N-ethyl adjacent to an activating group) is 1. The number of tetrazole rings is 1. The molecule has 0 saturated carbocycles. The second-order valence-electron chi connectivity index (χ2n) is 7.84. The number of hydrogen-bond donors (Lipinski definition) is 3. The van der Waals surface area contributed by atoms with Gasteiger partial charge < -0.3 is 21.1 Å². The molecule has 0 radical (unpaired) electrons. The van der Waals surface area contributed by atoms with Crippen LogP contribution in [0.15, 0.2) is 21.8 Å². The van der Waals surface area contributed by atoms with Crippen molar-refractivity contribution in [3.05, 3.63) is 22.3 Å². The molecule has 18 heteroatoms. The normalized spacial score (nSPS) is 18.8. The van der Waals surface area contributed by atoms with Gasteiger partial charge in [0.2, 0.25) is 11.1 Å². The number of nitrogens with two attached hydrogens (primary N) is 1. The first-order valence-electron chi connectivity index (χ1n) is 10.2. The van der Waals surface area contributed by atoms with Gasteiger partial charge in [-0.3, -0.25) is 14.5 Å². The predicted molar refractivity (Wildman–Crippen MR) is 141 cm³/mol. The first-order valence-corrected chi connectivity index (χ1v) is 13.1. The number of amides is 2.